The van der Waals surface area contributed by atoms with Crippen molar-refractivity contribution in [2.75, 3.05) is 0 Å². The summed E-state index contributed by atoms with van der Waals surface area (Å²) in [5.74, 6) is 0.417. The van der Waals surface area contributed by atoms with Crippen molar-refractivity contribution in [3.05, 3.63) is 106 Å². The highest BCUT2D eigenvalue weighted by atomic mass is 32.2. The Morgan fingerprint density at radius 2 is 1.90 bits per heavy atom. The van der Waals surface area contributed by atoms with E-state index in [1.807, 2.05) is 37.3 Å². The summed E-state index contributed by atoms with van der Waals surface area (Å²) in [5, 5.41) is 14.2. The van der Waals surface area contributed by atoms with Crippen molar-refractivity contribution in [1.29, 1.82) is 0 Å². The molecule has 0 radical (unpaired) electrons. The summed E-state index contributed by atoms with van der Waals surface area (Å²) >= 11 is 2.59. The topological polar surface area (TPSA) is 85.6 Å². The van der Waals surface area contributed by atoms with E-state index in [1.165, 1.54) is 29.2 Å². The highest BCUT2D eigenvalue weighted by Crippen LogP contribution is 2.34. The molecule has 5 aromatic rings. The van der Waals surface area contributed by atoms with Gasteiger partial charge in [0.05, 0.1) is 23.0 Å². The number of alkyl halides is 3. The van der Waals surface area contributed by atoms with E-state index in [1.54, 1.807) is 40.5 Å². The van der Waals surface area contributed by atoms with Crippen LogP contribution in [0.2, 0.25) is 0 Å². The van der Waals surface area contributed by atoms with E-state index in [2.05, 4.69) is 25.5 Å². The van der Waals surface area contributed by atoms with Gasteiger partial charge in [-0.15, -0.1) is 21.5 Å². The van der Waals surface area contributed by atoms with E-state index in [0.29, 0.717) is 33.0 Å². The fourth-order valence-electron chi connectivity index (χ4n) is 3.80. The average Bonchev–Trinajstić information content (AvgIpc) is 3.60. The number of thioether (sulfide) groups is 1. The minimum atomic E-state index is -4.50. The molecule has 3 heterocycles. The molecule has 0 spiro atoms. The van der Waals surface area contributed by atoms with Gasteiger partial charge < -0.3 is 5.32 Å². The van der Waals surface area contributed by atoms with Gasteiger partial charge in [0.2, 0.25) is 0 Å². The first-order valence-corrected chi connectivity index (χ1v) is 13.6. The number of benzene rings is 2. The van der Waals surface area contributed by atoms with Gasteiger partial charge in [-0.25, -0.2) is 4.98 Å². The number of carbonyl (C=O) groups is 1. The molecule has 0 saturated carbocycles. The molecule has 1 atom stereocenters. The quantitative estimate of drug-likeness (QED) is 0.213. The number of amides is 1. The van der Waals surface area contributed by atoms with Gasteiger partial charge in [0, 0.05) is 23.3 Å². The molecular formula is C27H21F3N6OS2. The van der Waals surface area contributed by atoms with Crippen molar-refractivity contribution in [1.82, 2.24) is 30.0 Å². The summed E-state index contributed by atoms with van der Waals surface area (Å²) in [4.78, 5) is 21.3. The third-order valence-electron chi connectivity index (χ3n) is 5.74. The van der Waals surface area contributed by atoms with E-state index in [0.717, 1.165) is 17.7 Å². The van der Waals surface area contributed by atoms with Gasteiger partial charge in [0.25, 0.3) is 5.91 Å². The SMILES string of the molecule is CC(NC(=O)c1csc(CSc2nnc(-c3cccnc3)n2-c2cccc(C(F)(F)F)c2)n1)c1ccccc1. The van der Waals surface area contributed by atoms with Gasteiger partial charge in [0.1, 0.15) is 10.7 Å². The van der Waals surface area contributed by atoms with Crippen LogP contribution < -0.4 is 5.32 Å². The Labute approximate surface area is 230 Å². The normalized spacial score (nSPS) is 12.3. The molecule has 1 N–H and O–H groups in total. The minimum absolute atomic E-state index is 0.185. The fraction of sp³-hybridized carbons (Fsp3) is 0.148. The maximum atomic E-state index is 13.5. The number of nitrogens with zero attached hydrogens (tertiary/aromatic N) is 5. The van der Waals surface area contributed by atoms with Crippen molar-refractivity contribution in [2.24, 2.45) is 0 Å². The minimum Gasteiger partial charge on any atom is -0.344 e. The number of hydrogen-bond acceptors (Lipinski definition) is 7. The summed E-state index contributed by atoms with van der Waals surface area (Å²) in [5.41, 5.74) is 1.38. The lowest BCUT2D eigenvalue weighted by atomic mass is 10.1. The summed E-state index contributed by atoms with van der Waals surface area (Å²) in [6.07, 6.45) is -1.33. The van der Waals surface area contributed by atoms with Crippen LogP contribution in [0.15, 0.2) is 89.7 Å². The molecule has 1 amide bonds. The Balaban J connectivity index is 1.37. The molecule has 7 nitrogen and oxygen atoms in total. The van der Waals surface area contributed by atoms with E-state index in [4.69, 9.17) is 0 Å². The molecular weight excluding hydrogens is 545 g/mol. The molecule has 39 heavy (non-hydrogen) atoms. The van der Waals surface area contributed by atoms with E-state index in [9.17, 15) is 18.0 Å². The third-order valence-corrected chi connectivity index (χ3v) is 7.71. The van der Waals surface area contributed by atoms with Crippen LogP contribution in [0.5, 0.6) is 0 Å². The molecule has 3 aromatic heterocycles. The van der Waals surface area contributed by atoms with Crippen molar-refractivity contribution in [2.45, 2.75) is 30.1 Å². The molecule has 0 bridgehead atoms. The molecule has 0 saturated heterocycles. The van der Waals surface area contributed by atoms with E-state index in [-0.39, 0.29) is 17.6 Å². The predicted octanol–water partition coefficient (Wildman–Crippen LogP) is 6.59. The molecule has 0 fully saturated rings. The van der Waals surface area contributed by atoms with Gasteiger partial charge in [-0.2, -0.15) is 13.2 Å². The first kappa shape index (κ1) is 26.6. The van der Waals surface area contributed by atoms with Crippen LogP contribution >= 0.6 is 23.1 Å². The number of hydrogen-bond donors (Lipinski definition) is 1. The Kier molecular flexibility index (Phi) is 7.75. The van der Waals surface area contributed by atoms with Gasteiger partial charge in [0.15, 0.2) is 11.0 Å². The van der Waals surface area contributed by atoms with Gasteiger partial charge in [-0.05, 0) is 42.8 Å². The van der Waals surface area contributed by atoms with Crippen molar-refractivity contribution >= 4 is 29.0 Å². The van der Waals surface area contributed by atoms with Crippen molar-refractivity contribution < 1.29 is 18.0 Å². The number of pyridine rings is 1. The fourth-order valence-corrected chi connectivity index (χ4v) is 5.55. The summed E-state index contributed by atoms with van der Waals surface area (Å²) in [6, 6.07) is 17.9. The number of aromatic nitrogens is 5. The predicted molar refractivity (Wildman–Crippen MR) is 144 cm³/mol. The first-order valence-electron chi connectivity index (χ1n) is 11.8. The zero-order chi connectivity index (χ0) is 27.4. The number of halogens is 3. The highest BCUT2D eigenvalue weighted by Gasteiger charge is 2.31. The third kappa shape index (κ3) is 6.18. The van der Waals surface area contributed by atoms with Crippen LogP contribution in [0.1, 0.15) is 39.6 Å². The average molecular weight is 567 g/mol. The Hall–Kier alpha value is -4.03. The molecule has 0 aliphatic rings. The number of carbonyl (C=O) groups excluding carboxylic acids is 1. The monoisotopic (exact) mass is 566 g/mol. The van der Waals surface area contributed by atoms with Crippen molar-refractivity contribution in [3.8, 4) is 17.1 Å². The molecule has 0 aliphatic carbocycles. The second-order valence-electron chi connectivity index (χ2n) is 8.45. The number of thiazole rings is 1. The summed E-state index contributed by atoms with van der Waals surface area (Å²) in [6.45, 7) is 1.90. The standard InChI is InChI=1S/C27H21F3N6OS2/c1-17(18-7-3-2-4-8-18)32-25(37)22-15-38-23(33-22)16-39-26-35-34-24(19-9-6-12-31-14-19)36(26)21-11-5-10-20(13-21)27(28,29)30/h2-15,17H,16H2,1H3,(H,32,37). The van der Waals surface area contributed by atoms with Crippen LogP contribution in [0.3, 0.4) is 0 Å². The largest absolute Gasteiger partial charge is 0.416 e. The summed E-state index contributed by atoms with van der Waals surface area (Å²) in [7, 11) is 0. The molecule has 2 aromatic carbocycles. The van der Waals surface area contributed by atoms with Crippen LogP contribution in [-0.4, -0.2) is 30.6 Å². The van der Waals surface area contributed by atoms with Crippen LogP contribution in [-0.2, 0) is 11.9 Å². The van der Waals surface area contributed by atoms with Gasteiger partial charge >= 0.3 is 6.18 Å². The maximum Gasteiger partial charge on any atom is 0.416 e. The zero-order valence-electron chi connectivity index (χ0n) is 20.5. The Morgan fingerprint density at radius 3 is 2.64 bits per heavy atom. The lowest BCUT2D eigenvalue weighted by molar-refractivity contribution is -0.137. The molecule has 12 heteroatoms. The molecule has 198 valence electrons. The molecule has 5 rings (SSSR count). The second-order valence-corrected chi connectivity index (χ2v) is 10.3. The smallest absolute Gasteiger partial charge is 0.344 e. The lowest BCUT2D eigenvalue weighted by Gasteiger charge is -2.13. The molecule has 1 unspecified atom stereocenters. The highest BCUT2D eigenvalue weighted by molar-refractivity contribution is 7.98. The Bertz CT molecular complexity index is 1570. The number of nitrogens with one attached hydrogen (secondary N) is 1. The van der Waals surface area contributed by atoms with Gasteiger partial charge in [-0.3, -0.25) is 14.3 Å². The zero-order valence-corrected chi connectivity index (χ0v) is 22.1. The van der Waals surface area contributed by atoms with Crippen LogP contribution in [0.25, 0.3) is 17.1 Å². The van der Waals surface area contributed by atoms with Crippen LogP contribution in [0.4, 0.5) is 13.2 Å². The number of rotatable bonds is 8. The van der Waals surface area contributed by atoms with E-state index < -0.39 is 11.7 Å². The Morgan fingerprint density at radius 1 is 1.08 bits per heavy atom. The van der Waals surface area contributed by atoms with Crippen molar-refractivity contribution in [3.63, 3.8) is 0 Å². The second kappa shape index (κ2) is 11.4. The summed E-state index contributed by atoms with van der Waals surface area (Å²) < 4.78 is 41.9. The maximum absolute atomic E-state index is 13.5. The van der Waals surface area contributed by atoms with E-state index >= 15 is 0 Å². The molecule has 0 aliphatic heterocycles. The first-order chi connectivity index (χ1) is 18.8. The van der Waals surface area contributed by atoms with Gasteiger partial charge in [-0.1, -0.05) is 48.2 Å². The van der Waals surface area contributed by atoms with Crippen LogP contribution in [0, 0.1) is 0 Å². The lowest BCUT2D eigenvalue weighted by Crippen LogP contribution is -2.26.